The highest BCUT2D eigenvalue weighted by Crippen LogP contribution is 2.10. The minimum Gasteiger partial charge on any atom is -0.350 e. The fourth-order valence-corrected chi connectivity index (χ4v) is 3.65. The highest BCUT2D eigenvalue weighted by atomic mass is 32.1. The lowest BCUT2D eigenvalue weighted by Crippen LogP contribution is -2.43. The molecule has 7 nitrogen and oxygen atoms in total. The number of carbonyl (C=O) groups excluding carboxylic acids is 1. The predicted molar refractivity (Wildman–Crippen MR) is 112 cm³/mol. The van der Waals surface area contributed by atoms with Crippen LogP contribution in [0.2, 0.25) is 0 Å². The maximum atomic E-state index is 12.4. The second kappa shape index (κ2) is 9.95. The summed E-state index contributed by atoms with van der Waals surface area (Å²) in [4.78, 5) is 17.2. The predicted octanol–water partition coefficient (Wildman–Crippen LogP) is 1.96. The van der Waals surface area contributed by atoms with E-state index in [9.17, 15) is 4.79 Å². The number of nitrogens with one attached hydrogen (secondary N) is 2. The Balaban J connectivity index is 1.52. The van der Waals surface area contributed by atoms with Gasteiger partial charge in [-0.25, -0.2) is 0 Å². The summed E-state index contributed by atoms with van der Waals surface area (Å²) in [5.74, 6) is 0.774. The van der Waals surface area contributed by atoms with Crippen molar-refractivity contribution in [1.82, 2.24) is 29.9 Å². The Labute approximate surface area is 171 Å². The van der Waals surface area contributed by atoms with Gasteiger partial charge in [0.05, 0.1) is 0 Å². The molecule has 1 aromatic heterocycles. The molecule has 2 heterocycles. The Morgan fingerprint density at radius 2 is 2.00 bits per heavy atom. The maximum absolute atomic E-state index is 12.4. The van der Waals surface area contributed by atoms with Gasteiger partial charge in [-0.1, -0.05) is 31.2 Å². The van der Waals surface area contributed by atoms with Gasteiger partial charge in [0, 0.05) is 45.7 Å². The number of hydrogen-bond acceptors (Lipinski definition) is 5. The van der Waals surface area contributed by atoms with Crippen LogP contribution in [0.1, 0.15) is 30.3 Å². The molecule has 1 aliphatic rings. The smallest absolute Gasteiger partial charge is 0.240 e. The molecule has 1 amide bonds. The van der Waals surface area contributed by atoms with Gasteiger partial charge in [-0.05, 0) is 36.8 Å². The summed E-state index contributed by atoms with van der Waals surface area (Å²) >= 11 is 5.24. The van der Waals surface area contributed by atoms with Crippen LogP contribution in [0.4, 0.5) is 0 Å². The van der Waals surface area contributed by atoms with Crippen LogP contribution in [-0.4, -0.2) is 63.7 Å². The standard InChI is InChI=1S/C20H30N6OS/c1-3-5-18-22-23-20(28)26(18)15-19(27)21-13-16-6-4-7-17(12-16)14-25-10-8-24(2)9-11-25/h4,6-7,12H,3,5,8-11,13-15H2,1-2H3,(H,21,27)(H,23,28). The summed E-state index contributed by atoms with van der Waals surface area (Å²) in [6.45, 7) is 8.19. The van der Waals surface area contributed by atoms with E-state index in [1.807, 2.05) is 0 Å². The van der Waals surface area contributed by atoms with E-state index in [0.717, 1.165) is 57.0 Å². The molecule has 0 atom stereocenters. The summed E-state index contributed by atoms with van der Waals surface area (Å²) in [5.41, 5.74) is 2.41. The van der Waals surface area contributed by atoms with E-state index in [1.165, 1.54) is 5.56 Å². The number of nitrogens with zero attached hydrogens (tertiary/aromatic N) is 4. The first-order valence-corrected chi connectivity index (χ1v) is 10.4. The number of aromatic amines is 1. The number of rotatable bonds is 8. The molecule has 152 valence electrons. The van der Waals surface area contributed by atoms with Gasteiger partial charge in [0.15, 0.2) is 4.77 Å². The Hall–Kier alpha value is -2.03. The topological polar surface area (TPSA) is 69.2 Å². The van der Waals surface area contributed by atoms with Gasteiger partial charge in [-0.2, -0.15) is 5.10 Å². The minimum absolute atomic E-state index is 0.0562. The van der Waals surface area contributed by atoms with Crippen molar-refractivity contribution in [3.63, 3.8) is 0 Å². The minimum atomic E-state index is -0.0562. The molecule has 0 spiro atoms. The van der Waals surface area contributed by atoms with E-state index in [4.69, 9.17) is 12.2 Å². The molecule has 28 heavy (non-hydrogen) atoms. The molecule has 0 aliphatic carbocycles. The number of piperazine rings is 1. The van der Waals surface area contributed by atoms with Gasteiger partial charge in [0.2, 0.25) is 5.91 Å². The maximum Gasteiger partial charge on any atom is 0.240 e. The van der Waals surface area contributed by atoms with Crippen LogP contribution in [0, 0.1) is 4.77 Å². The first-order chi connectivity index (χ1) is 13.5. The monoisotopic (exact) mass is 402 g/mol. The number of hydrogen-bond donors (Lipinski definition) is 2. The van der Waals surface area contributed by atoms with Crippen LogP contribution in [0.25, 0.3) is 0 Å². The van der Waals surface area contributed by atoms with E-state index in [2.05, 4.69) is 63.6 Å². The van der Waals surface area contributed by atoms with E-state index >= 15 is 0 Å². The van der Waals surface area contributed by atoms with Crippen molar-refractivity contribution < 1.29 is 4.79 Å². The zero-order valence-corrected chi connectivity index (χ0v) is 17.6. The van der Waals surface area contributed by atoms with Gasteiger partial charge in [0.25, 0.3) is 0 Å². The van der Waals surface area contributed by atoms with Crippen molar-refractivity contribution in [2.24, 2.45) is 0 Å². The van der Waals surface area contributed by atoms with Crippen LogP contribution < -0.4 is 5.32 Å². The Morgan fingerprint density at radius 1 is 1.25 bits per heavy atom. The van der Waals surface area contributed by atoms with Gasteiger partial charge in [-0.3, -0.25) is 19.4 Å². The second-order valence-electron chi connectivity index (χ2n) is 7.46. The summed E-state index contributed by atoms with van der Waals surface area (Å²) in [6, 6.07) is 8.47. The third kappa shape index (κ3) is 5.73. The molecule has 1 saturated heterocycles. The molecule has 0 saturated carbocycles. The van der Waals surface area contributed by atoms with Crippen LogP contribution in [0.15, 0.2) is 24.3 Å². The summed E-state index contributed by atoms with van der Waals surface area (Å²) in [7, 11) is 2.17. The summed E-state index contributed by atoms with van der Waals surface area (Å²) in [5, 5.41) is 9.99. The zero-order chi connectivity index (χ0) is 19.9. The van der Waals surface area contributed by atoms with Crippen molar-refractivity contribution in [1.29, 1.82) is 0 Å². The number of H-pyrrole nitrogens is 1. The average Bonchev–Trinajstić information content (AvgIpc) is 3.02. The highest BCUT2D eigenvalue weighted by Gasteiger charge is 2.14. The number of aryl methyl sites for hydroxylation is 1. The zero-order valence-electron chi connectivity index (χ0n) is 16.8. The first-order valence-electron chi connectivity index (χ1n) is 9.94. The highest BCUT2D eigenvalue weighted by molar-refractivity contribution is 7.71. The van der Waals surface area contributed by atoms with Gasteiger partial charge < -0.3 is 10.2 Å². The number of aromatic nitrogens is 3. The Bertz CT molecular complexity index is 837. The number of likely N-dealkylation sites (N-methyl/N-ethyl adjacent to an activating group) is 1. The van der Waals surface area contributed by atoms with E-state index in [0.29, 0.717) is 11.3 Å². The van der Waals surface area contributed by atoms with Crippen LogP contribution >= 0.6 is 12.2 Å². The Morgan fingerprint density at radius 3 is 2.75 bits per heavy atom. The molecule has 2 N–H and O–H groups in total. The van der Waals surface area contributed by atoms with E-state index < -0.39 is 0 Å². The van der Waals surface area contributed by atoms with Crippen molar-refractivity contribution in [3.05, 3.63) is 46.0 Å². The van der Waals surface area contributed by atoms with Crippen LogP contribution in [-0.2, 0) is 30.8 Å². The molecule has 1 fully saturated rings. The number of amides is 1. The van der Waals surface area contributed by atoms with E-state index in [-0.39, 0.29) is 12.5 Å². The third-order valence-electron chi connectivity index (χ3n) is 5.10. The van der Waals surface area contributed by atoms with Crippen molar-refractivity contribution >= 4 is 18.1 Å². The molecule has 1 aromatic carbocycles. The summed E-state index contributed by atoms with van der Waals surface area (Å²) < 4.78 is 2.27. The van der Waals surface area contributed by atoms with E-state index in [1.54, 1.807) is 4.57 Å². The van der Waals surface area contributed by atoms with Gasteiger partial charge >= 0.3 is 0 Å². The quantitative estimate of drug-likeness (QED) is 0.661. The van der Waals surface area contributed by atoms with Crippen LogP contribution in [0.3, 0.4) is 0 Å². The fraction of sp³-hybridized carbons (Fsp3) is 0.550. The number of carbonyl (C=O) groups is 1. The van der Waals surface area contributed by atoms with Crippen molar-refractivity contribution in [2.45, 2.75) is 39.4 Å². The van der Waals surface area contributed by atoms with Crippen molar-refractivity contribution in [3.8, 4) is 0 Å². The van der Waals surface area contributed by atoms with Gasteiger partial charge in [-0.15, -0.1) is 0 Å². The Kier molecular flexibility index (Phi) is 7.36. The molecule has 0 bridgehead atoms. The van der Waals surface area contributed by atoms with Crippen molar-refractivity contribution in [2.75, 3.05) is 33.2 Å². The molecular weight excluding hydrogens is 372 g/mol. The molecule has 8 heteroatoms. The third-order valence-corrected chi connectivity index (χ3v) is 5.41. The lowest BCUT2D eigenvalue weighted by atomic mass is 10.1. The largest absolute Gasteiger partial charge is 0.350 e. The number of benzene rings is 1. The lowest BCUT2D eigenvalue weighted by Gasteiger charge is -2.32. The fourth-order valence-electron chi connectivity index (χ4n) is 3.43. The molecule has 0 unspecified atom stereocenters. The van der Waals surface area contributed by atoms with Gasteiger partial charge in [0.1, 0.15) is 12.4 Å². The average molecular weight is 403 g/mol. The second-order valence-corrected chi connectivity index (χ2v) is 7.84. The lowest BCUT2D eigenvalue weighted by molar-refractivity contribution is -0.121. The van der Waals surface area contributed by atoms with Crippen LogP contribution in [0.5, 0.6) is 0 Å². The molecule has 1 aliphatic heterocycles. The molecular formula is C20H30N6OS. The normalized spacial score (nSPS) is 15.6. The summed E-state index contributed by atoms with van der Waals surface area (Å²) in [6.07, 6.45) is 1.76. The molecule has 3 rings (SSSR count). The molecule has 0 radical (unpaired) electrons. The SMILES string of the molecule is CCCc1n[nH]c(=S)n1CC(=O)NCc1cccc(CN2CCN(C)CC2)c1. The molecule has 2 aromatic rings. The first kappa shape index (κ1) is 20.7.